The molecule has 0 fully saturated rings. The summed E-state index contributed by atoms with van der Waals surface area (Å²) in [5.74, 6) is 0.496. The molecule has 2 amide bonds. The summed E-state index contributed by atoms with van der Waals surface area (Å²) in [5.41, 5.74) is 0.867. The van der Waals surface area contributed by atoms with E-state index in [0.717, 1.165) is 24.3 Å². The van der Waals surface area contributed by atoms with Crippen LogP contribution in [0.3, 0.4) is 0 Å². The molecule has 0 aliphatic rings. The van der Waals surface area contributed by atoms with Gasteiger partial charge < -0.3 is 15.3 Å². The summed E-state index contributed by atoms with van der Waals surface area (Å²) in [6, 6.07) is -0.205. The molecule has 6 heteroatoms. The third-order valence-electron chi connectivity index (χ3n) is 3.31. The number of amides is 2. The van der Waals surface area contributed by atoms with Crippen LogP contribution in [0.2, 0.25) is 0 Å². The van der Waals surface area contributed by atoms with Gasteiger partial charge in [-0.2, -0.15) is 5.10 Å². The van der Waals surface area contributed by atoms with Crippen molar-refractivity contribution in [3.63, 3.8) is 0 Å². The molecular weight excluding hydrogens is 280 g/mol. The minimum Gasteiger partial charge on any atom is -0.389 e. The average molecular weight is 310 g/mol. The average Bonchev–Trinajstić information content (AvgIpc) is 2.75. The molecule has 0 aliphatic heterocycles. The second-order valence-electron chi connectivity index (χ2n) is 6.69. The van der Waals surface area contributed by atoms with Crippen molar-refractivity contribution in [1.82, 2.24) is 14.7 Å². The van der Waals surface area contributed by atoms with E-state index in [-0.39, 0.29) is 12.6 Å². The molecule has 1 aromatic heterocycles. The zero-order valence-electron chi connectivity index (χ0n) is 14.7. The maximum Gasteiger partial charge on any atom is 0.322 e. The van der Waals surface area contributed by atoms with E-state index in [2.05, 4.69) is 31.2 Å². The van der Waals surface area contributed by atoms with Gasteiger partial charge in [-0.05, 0) is 33.1 Å². The van der Waals surface area contributed by atoms with Crippen molar-refractivity contribution >= 4 is 11.7 Å². The molecule has 6 nitrogen and oxygen atoms in total. The summed E-state index contributed by atoms with van der Waals surface area (Å²) in [6.07, 6.45) is 2.51. The SMILES string of the molecule is CCc1c(NC(=O)N(CC)CC(C)(C)O)cnn1CC(C)C. The number of carbonyl (C=O) groups is 1. The standard InChI is InChI=1S/C16H30N4O2/c1-7-14-13(9-17-20(14)10-12(3)4)18-15(21)19(8-2)11-16(5,6)22/h9,12,22H,7-8,10-11H2,1-6H3,(H,18,21). The quantitative estimate of drug-likeness (QED) is 0.813. The largest absolute Gasteiger partial charge is 0.389 e. The number of nitrogens with zero attached hydrogens (tertiary/aromatic N) is 3. The highest BCUT2D eigenvalue weighted by molar-refractivity contribution is 5.89. The fraction of sp³-hybridized carbons (Fsp3) is 0.750. The molecule has 0 spiro atoms. The first-order chi connectivity index (χ1) is 10.2. The van der Waals surface area contributed by atoms with Crippen LogP contribution < -0.4 is 5.32 Å². The maximum absolute atomic E-state index is 12.4. The minimum atomic E-state index is -0.914. The number of likely N-dealkylation sites (N-methyl/N-ethyl adjacent to an activating group) is 1. The van der Waals surface area contributed by atoms with Gasteiger partial charge in [0.25, 0.3) is 0 Å². The van der Waals surface area contributed by atoms with E-state index in [9.17, 15) is 9.90 Å². The first kappa shape index (κ1) is 18.5. The van der Waals surface area contributed by atoms with E-state index >= 15 is 0 Å². The van der Waals surface area contributed by atoms with Crippen molar-refractivity contribution in [2.45, 2.75) is 60.1 Å². The Morgan fingerprint density at radius 3 is 2.55 bits per heavy atom. The first-order valence-corrected chi connectivity index (χ1v) is 8.00. The van der Waals surface area contributed by atoms with Crippen LogP contribution in [0.5, 0.6) is 0 Å². The van der Waals surface area contributed by atoms with Crippen LogP contribution in [0.25, 0.3) is 0 Å². The molecular formula is C16H30N4O2. The predicted molar refractivity (Wildman–Crippen MR) is 89.0 cm³/mol. The molecule has 0 saturated carbocycles. The van der Waals surface area contributed by atoms with Gasteiger partial charge in [-0.1, -0.05) is 20.8 Å². The van der Waals surface area contributed by atoms with E-state index in [1.807, 2.05) is 11.6 Å². The van der Waals surface area contributed by atoms with Crippen LogP contribution in [0.4, 0.5) is 10.5 Å². The topological polar surface area (TPSA) is 70.4 Å². The van der Waals surface area contributed by atoms with Gasteiger partial charge in [-0.25, -0.2) is 4.79 Å². The van der Waals surface area contributed by atoms with E-state index < -0.39 is 5.60 Å². The molecule has 0 unspecified atom stereocenters. The lowest BCUT2D eigenvalue weighted by atomic mass is 10.1. The van der Waals surface area contributed by atoms with Crippen LogP contribution in [0, 0.1) is 5.92 Å². The number of hydrogen-bond acceptors (Lipinski definition) is 3. The number of nitrogens with one attached hydrogen (secondary N) is 1. The summed E-state index contributed by atoms with van der Waals surface area (Å²) in [5, 5.41) is 17.2. The van der Waals surface area contributed by atoms with Gasteiger partial charge in [-0.15, -0.1) is 0 Å². The summed E-state index contributed by atoms with van der Waals surface area (Å²) >= 11 is 0. The zero-order chi connectivity index (χ0) is 16.9. The van der Waals surface area contributed by atoms with E-state index in [1.165, 1.54) is 0 Å². The van der Waals surface area contributed by atoms with Gasteiger partial charge in [0.05, 0.1) is 29.7 Å². The number of aliphatic hydroxyl groups is 1. The van der Waals surface area contributed by atoms with Gasteiger partial charge in [0.2, 0.25) is 0 Å². The molecule has 0 saturated heterocycles. The second kappa shape index (κ2) is 7.63. The lowest BCUT2D eigenvalue weighted by molar-refractivity contribution is 0.0501. The van der Waals surface area contributed by atoms with Gasteiger partial charge in [-0.3, -0.25) is 4.68 Å². The number of aromatic nitrogens is 2. The molecule has 0 bridgehead atoms. The third-order valence-corrected chi connectivity index (χ3v) is 3.31. The Kier molecular flexibility index (Phi) is 6.41. The summed E-state index contributed by atoms with van der Waals surface area (Å²) in [7, 11) is 0. The van der Waals surface area contributed by atoms with E-state index in [0.29, 0.717) is 12.5 Å². The zero-order valence-corrected chi connectivity index (χ0v) is 14.7. The normalized spacial score (nSPS) is 11.8. The molecule has 0 radical (unpaired) electrons. The molecule has 1 heterocycles. The summed E-state index contributed by atoms with van der Waals surface area (Å²) < 4.78 is 1.95. The lowest BCUT2D eigenvalue weighted by Crippen LogP contribution is -2.44. The molecule has 2 N–H and O–H groups in total. The van der Waals surface area contributed by atoms with Gasteiger partial charge in [0, 0.05) is 13.1 Å². The van der Waals surface area contributed by atoms with E-state index in [4.69, 9.17) is 0 Å². The Morgan fingerprint density at radius 1 is 1.45 bits per heavy atom. The minimum absolute atomic E-state index is 0.205. The highest BCUT2D eigenvalue weighted by atomic mass is 16.3. The van der Waals surface area contributed by atoms with Crippen molar-refractivity contribution in [1.29, 1.82) is 0 Å². The Hall–Kier alpha value is -1.56. The Balaban J connectivity index is 2.85. The number of anilines is 1. The summed E-state index contributed by atoms with van der Waals surface area (Å²) in [4.78, 5) is 14.0. The Labute approximate surface area is 133 Å². The Bertz CT molecular complexity index is 489. The highest BCUT2D eigenvalue weighted by Gasteiger charge is 2.22. The number of rotatable bonds is 7. The second-order valence-corrected chi connectivity index (χ2v) is 6.69. The number of carbonyl (C=O) groups excluding carboxylic acids is 1. The number of hydrogen-bond donors (Lipinski definition) is 2. The third kappa shape index (κ3) is 5.33. The molecule has 22 heavy (non-hydrogen) atoms. The van der Waals surface area contributed by atoms with Gasteiger partial charge in [0.1, 0.15) is 0 Å². The molecule has 1 rings (SSSR count). The first-order valence-electron chi connectivity index (χ1n) is 8.00. The highest BCUT2D eigenvalue weighted by Crippen LogP contribution is 2.18. The van der Waals surface area contributed by atoms with Gasteiger partial charge >= 0.3 is 6.03 Å². The van der Waals surface area contributed by atoms with Crippen molar-refractivity contribution < 1.29 is 9.90 Å². The van der Waals surface area contributed by atoms with Crippen molar-refractivity contribution in [3.8, 4) is 0 Å². The van der Waals surface area contributed by atoms with Crippen LogP contribution in [-0.4, -0.2) is 44.5 Å². The van der Waals surface area contributed by atoms with Crippen LogP contribution >= 0.6 is 0 Å². The van der Waals surface area contributed by atoms with Crippen LogP contribution in [0.15, 0.2) is 6.20 Å². The van der Waals surface area contributed by atoms with Gasteiger partial charge in [0.15, 0.2) is 0 Å². The Morgan fingerprint density at radius 2 is 2.09 bits per heavy atom. The van der Waals surface area contributed by atoms with E-state index in [1.54, 1.807) is 24.9 Å². The summed E-state index contributed by atoms with van der Waals surface area (Å²) in [6.45, 7) is 13.3. The molecule has 126 valence electrons. The lowest BCUT2D eigenvalue weighted by Gasteiger charge is -2.28. The van der Waals surface area contributed by atoms with Crippen molar-refractivity contribution in [2.24, 2.45) is 5.92 Å². The smallest absolute Gasteiger partial charge is 0.322 e. The predicted octanol–water partition coefficient (Wildman–Crippen LogP) is 2.73. The monoisotopic (exact) mass is 310 g/mol. The molecule has 1 aromatic rings. The van der Waals surface area contributed by atoms with Crippen LogP contribution in [-0.2, 0) is 13.0 Å². The fourth-order valence-corrected chi connectivity index (χ4v) is 2.38. The molecule has 0 aromatic carbocycles. The van der Waals surface area contributed by atoms with Crippen LogP contribution in [0.1, 0.15) is 47.2 Å². The fourth-order valence-electron chi connectivity index (χ4n) is 2.38. The molecule has 0 atom stereocenters. The molecule has 0 aliphatic carbocycles. The number of urea groups is 1. The maximum atomic E-state index is 12.4. The van der Waals surface area contributed by atoms with Crippen molar-refractivity contribution in [3.05, 3.63) is 11.9 Å². The van der Waals surface area contributed by atoms with Crippen molar-refractivity contribution in [2.75, 3.05) is 18.4 Å².